The zero-order chi connectivity index (χ0) is 18.4. The number of anilines is 1. The lowest BCUT2D eigenvalue weighted by atomic mass is 9.78. The maximum atomic E-state index is 12.9. The second kappa shape index (κ2) is 8.35. The number of hydrogen-bond donors (Lipinski definition) is 1. The fourth-order valence-electron chi connectivity index (χ4n) is 3.34. The van der Waals surface area contributed by atoms with E-state index in [1.165, 1.54) is 0 Å². The van der Waals surface area contributed by atoms with Crippen molar-refractivity contribution in [2.24, 2.45) is 5.92 Å². The van der Waals surface area contributed by atoms with Crippen molar-refractivity contribution in [3.8, 4) is 11.8 Å². The zero-order valence-corrected chi connectivity index (χ0v) is 15.6. The van der Waals surface area contributed by atoms with E-state index in [1.54, 1.807) is 25.3 Å². The third kappa shape index (κ3) is 4.52. The van der Waals surface area contributed by atoms with Crippen LogP contribution in [0, 0.1) is 17.2 Å². The highest BCUT2D eigenvalue weighted by Gasteiger charge is 2.42. The molecule has 1 amide bonds. The van der Waals surface area contributed by atoms with Gasteiger partial charge in [-0.3, -0.25) is 4.79 Å². The first-order chi connectivity index (χ1) is 11.9. The quantitative estimate of drug-likeness (QED) is 0.836. The topological polar surface area (TPSA) is 71.3 Å². The van der Waals surface area contributed by atoms with Gasteiger partial charge in [0.15, 0.2) is 0 Å². The van der Waals surface area contributed by atoms with Crippen LogP contribution < -0.4 is 10.1 Å². The molecule has 2 rings (SSSR count). The molecule has 1 fully saturated rings. The van der Waals surface area contributed by atoms with Gasteiger partial charge in [-0.25, -0.2) is 0 Å². The number of amides is 1. The summed E-state index contributed by atoms with van der Waals surface area (Å²) in [6.07, 6.45) is 4.45. The van der Waals surface area contributed by atoms with E-state index < -0.39 is 5.60 Å². The average Bonchev–Trinajstić information content (AvgIpc) is 2.62. The molecule has 1 saturated carbocycles. The summed E-state index contributed by atoms with van der Waals surface area (Å²) in [5, 5.41) is 12.3. The molecule has 1 aromatic carbocycles. The summed E-state index contributed by atoms with van der Waals surface area (Å²) < 4.78 is 11.4. The predicted octanol–water partition coefficient (Wildman–Crippen LogP) is 4.27. The van der Waals surface area contributed by atoms with E-state index >= 15 is 0 Å². The first kappa shape index (κ1) is 19.3. The second-order valence-corrected chi connectivity index (χ2v) is 7.01. The highest BCUT2D eigenvalue weighted by Crippen LogP contribution is 2.36. The molecule has 1 N–H and O–H groups in total. The normalized spacial score (nSPS) is 24.2. The number of methoxy groups -OCH3 is 1. The third-order valence-electron chi connectivity index (χ3n) is 5.03. The van der Waals surface area contributed by atoms with Crippen LogP contribution >= 0.6 is 0 Å². The number of carbonyl (C=O) groups is 1. The molecular weight excluding hydrogens is 316 g/mol. The lowest BCUT2D eigenvalue weighted by Crippen LogP contribution is -2.48. The van der Waals surface area contributed by atoms with Crippen LogP contribution in [0.1, 0.15) is 58.4 Å². The lowest BCUT2D eigenvalue weighted by Gasteiger charge is -2.37. The van der Waals surface area contributed by atoms with Crippen molar-refractivity contribution in [1.82, 2.24) is 0 Å². The predicted molar refractivity (Wildman–Crippen MR) is 97.5 cm³/mol. The number of carbonyl (C=O) groups excluding carboxylic acids is 1. The molecule has 5 heteroatoms. The number of nitrogens with one attached hydrogen (secondary N) is 1. The molecule has 0 aliphatic heterocycles. The van der Waals surface area contributed by atoms with Gasteiger partial charge in [-0.2, -0.15) is 5.26 Å². The molecule has 25 heavy (non-hydrogen) atoms. The smallest absolute Gasteiger partial charge is 0.256 e. The van der Waals surface area contributed by atoms with Crippen molar-refractivity contribution in [2.75, 3.05) is 12.4 Å². The third-order valence-corrected chi connectivity index (χ3v) is 5.03. The number of benzene rings is 1. The van der Waals surface area contributed by atoms with Gasteiger partial charge in [-0.1, -0.05) is 20.3 Å². The van der Waals surface area contributed by atoms with Crippen LogP contribution in [0.5, 0.6) is 5.75 Å². The summed E-state index contributed by atoms with van der Waals surface area (Å²) in [6.45, 7) is 6.16. The van der Waals surface area contributed by atoms with E-state index in [1.807, 2.05) is 13.8 Å². The highest BCUT2D eigenvalue weighted by molar-refractivity contribution is 5.98. The maximum absolute atomic E-state index is 12.9. The number of nitriles is 1. The van der Waals surface area contributed by atoms with Crippen molar-refractivity contribution < 1.29 is 14.3 Å². The van der Waals surface area contributed by atoms with Gasteiger partial charge in [0.2, 0.25) is 0 Å². The average molecular weight is 344 g/mol. The first-order valence-corrected chi connectivity index (χ1v) is 9.01. The molecule has 1 aromatic rings. The number of rotatable bonds is 6. The number of ether oxygens (including phenoxy) is 2. The van der Waals surface area contributed by atoms with Gasteiger partial charge in [0.05, 0.1) is 17.4 Å². The molecule has 0 spiro atoms. The molecule has 0 unspecified atom stereocenters. The molecule has 1 aliphatic rings. The first-order valence-electron chi connectivity index (χ1n) is 9.01. The van der Waals surface area contributed by atoms with Gasteiger partial charge in [0.1, 0.15) is 17.4 Å². The zero-order valence-electron chi connectivity index (χ0n) is 15.6. The largest absolute Gasteiger partial charge is 0.491 e. The minimum absolute atomic E-state index is 0.0764. The Labute approximate surface area is 150 Å². The van der Waals surface area contributed by atoms with E-state index in [2.05, 4.69) is 18.3 Å². The van der Waals surface area contributed by atoms with Crippen molar-refractivity contribution in [3.63, 3.8) is 0 Å². The van der Waals surface area contributed by atoms with E-state index in [0.29, 0.717) is 35.8 Å². The van der Waals surface area contributed by atoms with Crippen molar-refractivity contribution in [2.45, 2.75) is 64.6 Å². The molecule has 0 radical (unpaired) electrons. The molecule has 1 aliphatic carbocycles. The Hall–Kier alpha value is -2.06. The molecule has 5 nitrogen and oxygen atoms in total. The Bertz CT molecular complexity index is 653. The summed E-state index contributed by atoms with van der Waals surface area (Å²) >= 11 is 0. The number of nitrogens with zero attached hydrogens (tertiary/aromatic N) is 1. The molecule has 136 valence electrons. The van der Waals surface area contributed by atoms with Crippen molar-refractivity contribution in [1.29, 1.82) is 5.26 Å². The minimum Gasteiger partial charge on any atom is -0.491 e. The van der Waals surface area contributed by atoms with Crippen LogP contribution in [-0.4, -0.2) is 24.7 Å². The Morgan fingerprint density at radius 2 is 2.28 bits per heavy atom. The molecule has 0 heterocycles. The summed E-state index contributed by atoms with van der Waals surface area (Å²) in [7, 11) is 1.59. The van der Waals surface area contributed by atoms with Gasteiger partial charge in [0.25, 0.3) is 5.91 Å². The maximum Gasteiger partial charge on any atom is 0.256 e. The Balaban J connectivity index is 2.18. The van der Waals surface area contributed by atoms with E-state index in [4.69, 9.17) is 9.47 Å². The molecule has 0 aromatic heterocycles. The van der Waals surface area contributed by atoms with E-state index in [0.717, 1.165) is 19.3 Å². The number of hydrogen-bond acceptors (Lipinski definition) is 4. The lowest BCUT2D eigenvalue weighted by molar-refractivity contribution is -0.143. The van der Waals surface area contributed by atoms with Crippen LogP contribution in [0.25, 0.3) is 0 Å². The van der Waals surface area contributed by atoms with Crippen LogP contribution in [0.3, 0.4) is 0 Å². The standard InChI is InChI=1S/C20H28N2O3/c1-5-15(3)25-17-8-9-18(16(11-17)13-21)22-19(23)20(24-4)10-6-7-14(2)12-20/h8-9,11,14-15H,5-7,10,12H2,1-4H3,(H,22,23)/t14-,15-,20+/m1/s1. The highest BCUT2D eigenvalue weighted by atomic mass is 16.5. The monoisotopic (exact) mass is 344 g/mol. The van der Waals surface area contributed by atoms with Crippen LogP contribution in [0.2, 0.25) is 0 Å². The Kier molecular flexibility index (Phi) is 6.44. The molecule has 0 bridgehead atoms. The van der Waals surface area contributed by atoms with Crippen molar-refractivity contribution in [3.05, 3.63) is 23.8 Å². The van der Waals surface area contributed by atoms with E-state index in [-0.39, 0.29) is 12.0 Å². The fourth-order valence-corrected chi connectivity index (χ4v) is 3.34. The summed E-state index contributed by atoms with van der Waals surface area (Å²) in [4.78, 5) is 12.9. The van der Waals surface area contributed by atoms with Crippen LogP contribution in [0.15, 0.2) is 18.2 Å². The SMILES string of the molecule is CC[C@@H](C)Oc1ccc(NC(=O)[C@]2(OC)CCC[C@@H](C)C2)c(C#N)c1. The van der Waals surface area contributed by atoms with Gasteiger partial charge in [-0.15, -0.1) is 0 Å². The van der Waals surface area contributed by atoms with Crippen LogP contribution in [-0.2, 0) is 9.53 Å². The Morgan fingerprint density at radius 1 is 1.52 bits per heavy atom. The summed E-state index contributed by atoms with van der Waals surface area (Å²) in [6, 6.07) is 7.32. The summed E-state index contributed by atoms with van der Waals surface area (Å²) in [5.74, 6) is 0.909. The summed E-state index contributed by atoms with van der Waals surface area (Å²) in [5.41, 5.74) is 0.0824. The molecule has 3 atom stereocenters. The minimum atomic E-state index is -0.809. The van der Waals surface area contributed by atoms with Gasteiger partial charge >= 0.3 is 0 Å². The van der Waals surface area contributed by atoms with Gasteiger partial charge in [0, 0.05) is 13.2 Å². The van der Waals surface area contributed by atoms with E-state index in [9.17, 15) is 10.1 Å². The van der Waals surface area contributed by atoms with Gasteiger partial charge < -0.3 is 14.8 Å². The molecule has 0 saturated heterocycles. The second-order valence-electron chi connectivity index (χ2n) is 7.01. The van der Waals surface area contributed by atoms with Crippen LogP contribution in [0.4, 0.5) is 5.69 Å². The molecular formula is C20H28N2O3. The Morgan fingerprint density at radius 3 is 2.88 bits per heavy atom. The van der Waals surface area contributed by atoms with Crippen molar-refractivity contribution >= 4 is 11.6 Å². The van der Waals surface area contributed by atoms with Gasteiger partial charge in [-0.05, 0) is 50.7 Å². The fraction of sp³-hybridized carbons (Fsp3) is 0.600.